The van der Waals surface area contributed by atoms with Crippen LogP contribution in [0.5, 0.6) is 5.75 Å². The third-order valence-electron chi connectivity index (χ3n) is 4.13. The zero-order valence-electron chi connectivity index (χ0n) is 12.7. The van der Waals surface area contributed by atoms with Gasteiger partial charge in [-0.05, 0) is 38.8 Å². The highest BCUT2D eigenvalue weighted by Gasteiger charge is 2.36. The van der Waals surface area contributed by atoms with Crippen LogP contribution in [0.2, 0.25) is 0 Å². The number of piperidine rings is 1. The van der Waals surface area contributed by atoms with Crippen molar-refractivity contribution in [2.45, 2.75) is 44.9 Å². The van der Waals surface area contributed by atoms with Crippen molar-refractivity contribution in [2.24, 2.45) is 5.92 Å². The average Bonchev–Trinajstić information content (AvgIpc) is 2.46. The lowest BCUT2D eigenvalue weighted by Gasteiger charge is -2.39. The van der Waals surface area contributed by atoms with Gasteiger partial charge in [-0.3, -0.25) is 4.79 Å². The van der Waals surface area contributed by atoms with Crippen LogP contribution in [0.1, 0.15) is 37.0 Å². The number of hydrogen-bond acceptors (Lipinski definition) is 4. The molecule has 2 aliphatic rings. The quantitative estimate of drug-likeness (QED) is 0.865. The molecular formula is C17H23NO3. The number of nitrogens with one attached hydrogen (secondary N) is 1. The highest BCUT2D eigenvalue weighted by molar-refractivity contribution is 6.00. The Morgan fingerprint density at radius 1 is 1.24 bits per heavy atom. The molecular weight excluding hydrogens is 266 g/mol. The molecule has 1 aromatic rings. The van der Waals surface area contributed by atoms with Gasteiger partial charge in [0.2, 0.25) is 0 Å². The summed E-state index contributed by atoms with van der Waals surface area (Å²) in [7, 11) is 0. The van der Waals surface area contributed by atoms with Gasteiger partial charge < -0.3 is 14.8 Å². The summed E-state index contributed by atoms with van der Waals surface area (Å²) < 4.78 is 11.3. The normalized spacial score (nSPS) is 28.4. The molecule has 2 bridgehead atoms. The Balaban J connectivity index is 1.78. The maximum absolute atomic E-state index is 12.9. The molecule has 0 radical (unpaired) electrons. The monoisotopic (exact) mass is 289 g/mol. The summed E-state index contributed by atoms with van der Waals surface area (Å²) in [4.78, 5) is 12.9. The molecule has 0 aromatic heterocycles. The summed E-state index contributed by atoms with van der Waals surface area (Å²) >= 11 is 0. The van der Waals surface area contributed by atoms with Crippen LogP contribution in [0.25, 0.3) is 0 Å². The number of morpholine rings is 1. The van der Waals surface area contributed by atoms with Crippen molar-refractivity contribution in [1.82, 2.24) is 5.32 Å². The maximum Gasteiger partial charge on any atom is 0.169 e. The summed E-state index contributed by atoms with van der Waals surface area (Å²) in [6, 6.07) is 8.21. The number of rotatable bonds is 4. The predicted octanol–water partition coefficient (Wildman–Crippen LogP) is 2.42. The summed E-state index contributed by atoms with van der Waals surface area (Å²) in [6.45, 7) is 5.38. The highest BCUT2D eigenvalue weighted by Crippen LogP contribution is 2.30. The van der Waals surface area contributed by atoms with Crippen molar-refractivity contribution >= 4 is 5.78 Å². The van der Waals surface area contributed by atoms with E-state index in [2.05, 4.69) is 5.32 Å². The SMILES string of the molecule is CC(C)Oc1ccccc1C(=O)C1CC2COCC(C1)N2. The van der Waals surface area contributed by atoms with E-state index >= 15 is 0 Å². The van der Waals surface area contributed by atoms with Gasteiger partial charge in [0.1, 0.15) is 5.75 Å². The number of carbonyl (C=O) groups is 1. The zero-order chi connectivity index (χ0) is 14.8. The van der Waals surface area contributed by atoms with Crippen molar-refractivity contribution < 1.29 is 14.3 Å². The minimum absolute atomic E-state index is 0.0692. The number of ketones is 1. The van der Waals surface area contributed by atoms with Gasteiger partial charge in [-0.25, -0.2) is 0 Å². The Morgan fingerprint density at radius 3 is 2.57 bits per heavy atom. The van der Waals surface area contributed by atoms with Crippen molar-refractivity contribution in [2.75, 3.05) is 13.2 Å². The Labute approximate surface area is 125 Å². The van der Waals surface area contributed by atoms with Crippen LogP contribution in [0, 0.1) is 5.92 Å². The molecule has 0 spiro atoms. The lowest BCUT2D eigenvalue weighted by molar-refractivity contribution is 0.00945. The van der Waals surface area contributed by atoms with Crippen LogP contribution in [-0.2, 0) is 4.74 Å². The number of ether oxygens (including phenoxy) is 2. The zero-order valence-corrected chi connectivity index (χ0v) is 12.7. The largest absolute Gasteiger partial charge is 0.490 e. The van der Waals surface area contributed by atoms with E-state index in [-0.39, 0.29) is 17.8 Å². The molecule has 2 unspecified atom stereocenters. The molecule has 1 N–H and O–H groups in total. The highest BCUT2D eigenvalue weighted by atomic mass is 16.5. The molecule has 2 saturated heterocycles. The van der Waals surface area contributed by atoms with Crippen molar-refractivity contribution in [3.8, 4) is 5.75 Å². The van der Waals surface area contributed by atoms with Gasteiger partial charge in [0.15, 0.2) is 5.78 Å². The van der Waals surface area contributed by atoms with Gasteiger partial charge in [-0.2, -0.15) is 0 Å². The van der Waals surface area contributed by atoms with Crippen LogP contribution >= 0.6 is 0 Å². The molecule has 2 fully saturated rings. The van der Waals surface area contributed by atoms with Crippen molar-refractivity contribution in [1.29, 1.82) is 0 Å². The minimum Gasteiger partial charge on any atom is -0.490 e. The summed E-state index contributed by atoms with van der Waals surface area (Å²) in [5.41, 5.74) is 0.720. The number of para-hydroxylation sites is 1. The Kier molecular flexibility index (Phi) is 4.27. The molecule has 2 atom stereocenters. The molecule has 2 heterocycles. The summed E-state index contributed by atoms with van der Waals surface area (Å²) in [5.74, 6) is 0.990. The first-order chi connectivity index (χ1) is 10.1. The number of fused-ring (bicyclic) bond motifs is 2. The fourth-order valence-electron chi connectivity index (χ4n) is 3.30. The van der Waals surface area contributed by atoms with Gasteiger partial charge in [0, 0.05) is 18.0 Å². The van der Waals surface area contributed by atoms with Crippen LogP contribution in [0.3, 0.4) is 0 Å². The van der Waals surface area contributed by atoms with Gasteiger partial charge in [0.05, 0.1) is 24.9 Å². The molecule has 0 aliphatic carbocycles. The fourth-order valence-corrected chi connectivity index (χ4v) is 3.30. The first kappa shape index (κ1) is 14.5. The van der Waals surface area contributed by atoms with E-state index in [0.717, 1.165) is 18.4 Å². The van der Waals surface area contributed by atoms with E-state index in [0.29, 0.717) is 31.0 Å². The van der Waals surface area contributed by atoms with E-state index in [9.17, 15) is 4.79 Å². The van der Waals surface area contributed by atoms with Gasteiger partial charge in [-0.15, -0.1) is 0 Å². The Morgan fingerprint density at radius 2 is 1.90 bits per heavy atom. The third kappa shape index (κ3) is 3.27. The molecule has 0 saturated carbocycles. The smallest absolute Gasteiger partial charge is 0.169 e. The van der Waals surface area contributed by atoms with E-state index in [1.54, 1.807) is 0 Å². The number of benzene rings is 1. The Bertz CT molecular complexity index is 503. The molecule has 4 nitrogen and oxygen atoms in total. The number of Topliss-reactive ketones (excluding diaryl/α,β-unsaturated/α-hetero) is 1. The molecule has 114 valence electrons. The Hall–Kier alpha value is -1.39. The third-order valence-corrected chi connectivity index (χ3v) is 4.13. The maximum atomic E-state index is 12.9. The van der Waals surface area contributed by atoms with Gasteiger partial charge in [0.25, 0.3) is 0 Å². The van der Waals surface area contributed by atoms with Crippen LogP contribution in [-0.4, -0.2) is 37.2 Å². The van der Waals surface area contributed by atoms with E-state index in [1.165, 1.54) is 0 Å². The fraction of sp³-hybridized carbons (Fsp3) is 0.588. The van der Waals surface area contributed by atoms with E-state index < -0.39 is 0 Å². The van der Waals surface area contributed by atoms with Gasteiger partial charge in [-0.1, -0.05) is 12.1 Å². The standard InChI is InChI=1S/C17H23NO3/c1-11(2)21-16-6-4-3-5-15(16)17(19)12-7-13-9-20-10-14(8-12)18-13/h3-6,11-14,18H,7-10H2,1-2H3. The molecule has 3 rings (SSSR count). The lowest BCUT2D eigenvalue weighted by Crippen LogP contribution is -2.55. The second kappa shape index (κ2) is 6.16. The number of carbonyl (C=O) groups excluding carboxylic acids is 1. The first-order valence-corrected chi connectivity index (χ1v) is 7.77. The lowest BCUT2D eigenvalue weighted by atomic mass is 9.82. The molecule has 21 heavy (non-hydrogen) atoms. The summed E-state index contributed by atoms with van der Waals surface area (Å²) in [6.07, 6.45) is 1.77. The van der Waals surface area contributed by atoms with Crippen LogP contribution in [0.4, 0.5) is 0 Å². The molecule has 0 amide bonds. The summed E-state index contributed by atoms with van der Waals surface area (Å²) in [5, 5.41) is 3.53. The second-order valence-electron chi connectivity index (χ2n) is 6.29. The predicted molar refractivity (Wildman–Crippen MR) is 80.8 cm³/mol. The van der Waals surface area contributed by atoms with Crippen molar-refractivity contribution in [3.05, 3.63) is 29.8 Å². The molecule has 2 aliphatic heterocycles. The van der Waals surface area contributed by atoms with E-state index in [1.807, 2.05) is 38.1 Å². The average molecular weight is 289 g/mol. The van der Waals surface area contributed by atoms with Crippen molar-refractivity contribution in [3.63, 3.8) is 0 Å². The minimum atomic E-state index is 0.0692. The van der Waals surface area contributed by atoms with Crippen LogP contribution < -0.4 is 10.1 Å². The second-order valence-corrected chi connectivity index (χ2v) is 6.29. The first-order valence-electron chi connectivity index (χ1n) is 7.77. The van der Waals surface area contributed by atoms with E-state index in [4.69, 9.17) is 9.47 Å². The molecule has 4 heteroatoms. The van der Waals surface area contributed by atoms with Crippen LogP contribution in [0.15, 0.2) is 24.3 Å². The molecule has 1 aromatic carbocycles. The topological polar surface area (TPSA) is 47.6 Å². The van der Waals surface area contributed by atoms with Gasteiger partial charge >= 0.3 is 0 Å². The number of hydrogen-bond donors (Lipinski definition) is 1.